The van der Waals surface area contributed by atoms with Crippen molar-refractivity contribution in [2.75, 3.05) is 64.4 Å². The molecule has 4 aromatic rings. The average molecular weight is 1810 g/mol. The van der Waals surface area contributed by atoms with Gasteiger partial charge >= 0.3 is 59.7 Å². The van der Waals surface area contributed by atoms with Crippen molar-refractivity contribution in [3.05, 3.63) is 138 Å². The van der Waals surface area contributed by atoms with Crippen LogP contribution in [0.2, 0.25) is 0 Å². The molecule has 2 atom stereocenters. The predicted octanol–water partition coefficient (Wildman–Crippen LogP) is 20.6. The number of carboxylic acid groups (broad SMARTS) is 3. The Bertz CT molecular complexity index is 3690. The number of hydrogen-bond acceptors (Lipinski definition) is 22. The third kappa shape index (κ3) is 50.5. The van der Waals surface area contributed by atoms with Gasteiger partial charge in [-0.1, -0.05) is 206 Å². The van der Waals surface area contributed by atoms with Crippen molar-refractivity contribution in [3.8, 4) is 0 Å². The van der Waals surface area contributed by atoms with Crippen molar-refractivity contribution in [1.82, 2.24) is 0 Å². The molecule has 2 heterocycles. The van der Waals surface area contributed by atoms with Crippen LogP contribution in [0.3, 0.4) is 0 Å². The number of hydrogen-bond donors (Lipinski definition) is 5. The van der Waals surface area contributed by atoms with Gasteiger partial charge in [-0.25, -0.2) is 0 Å². The molecule has 4 aromatic carbocycles. The van der Waals surface area contributed by atoms with E-state index in [1.165, 1.54) is 16.9 Å². The van der Waals surface area contributed by atoms with Crippen LogP contribution in [-0.4, -0.2) is 157 Å². The summed E-state index contributed by atoms with van der Waals surface area (Å²) in [5, 5.41) is 42.0. The van der Waals surface area contributed by atoms with Crippen molar-refractivity contribution in [1.29, 1.82) is 0 Å². The van der Waals surface area contributed by atoms with E-state index in [1.807, 2.05) is 203 Å². The van der Waals surface area contributed by atoms with E-state index in [0.717, 1.165) is 62.9 Å². The van der Waals surface area contributed by atoms with Gasteiger partial charge in [0, 0.05) is 24.7 Å². The lowest BCUT2D eigenvalue weighted by Crippen LogP contribution is -2.47. The highest BCUT2D eigenvalue weighted by atomic mass is 16.6. The number of benzene rings is 4. The van der Waals surface area contributed by atoms with E-state index in [9.17, 15) is 57.5 Å². The number of aliphatic hydroxyl groups excluding tert-OH is 2. The number of esters is 7. The standard InChI is InChI=1S/C13H22O6.2C13H18O2.C12H13NO2.C12H22O3.C11H16.2C8H16O3.2C6H12O2/c1-4-13(2,3)12(17)19-9-8-18-11(16)7-5-6-10(14)15;2*1-4-13(2,3)12(14)15-10-11-8-6-5-7-9-11;1-8-9(2)12(15)13(11(8)14)10-6-4-3-5-7-10;1-5-11(3,4)10(13)15-9-12(6-2)7-14-8-12;1-4-11(2,3)10-8-6-5-7-9-10;2*1-4-8(2,3)7(10)11-6-5-9;2*1-4-6(2,3)5(7)8/h4-9H2,1-3H3,(H,14,15);2*5-9H,4,10H2,1-3H3;3-9H,1-2H3;5-9H2,1-4H3;5-9H,4H2,1-3H3;2*9H,4-6H2,1-3H3;2*4H2,1-3H3,(H,7,8). The zero-order valence-corrected chi connectivity index (χ0v) is 83.5. The first kappa shape index (κ1) is 125. The van der Waals surface area contributed by atoms with Crippen LogP contribution in [0.15, 0.2) is 121 Å². The number of carboxylic acids is 3. The third-order valence-corrected chi connectivity index (χ3v) is 23.5. The molecule has 0 spiro atoms. The van der Waals surface area contributed by atoms with Crippen LogP contribution in [0.5, 0.6) is 0 Å². The van der Waals surface area contributed by atoms with E-state index < -0.39 is 51.0 Å². The van der Waals surface area contributed by atoms with Crippen LogP contribution in [0.1, 0.15) is 308 Å². The molecule has 0 aliphatic carbocycles. The van der Waals surface area contributed by atoms with E-state index in [1.54, 1.807) is 67.5 Å². The van der Waals surface area contributed by atoms with Gasteiger partial charge in [-0.3, -0.25) is 62.4 Å². The van der Waals surface area contributed by atoms with Crippen molar-refractivity contribution in [2.45, 2.75) is 310 Å². The number of rotatable bonds is 37. The van der Waals surface area contributed by atoms with Gasteiger partial charge in [0.05, 0.1) is 80.8 Å². The zero-order chi connectivity index (χ0) is 99.7. The van der Waals surface area contributed by atoms with Crippen LogP contribution in [-0.2, 0) is 114 Å². The normalized spacial score (nSPS) is 13.9. The van der Waals surface area contributed by atoms with Crippen LogP contribution in [0.4, 0.5) is 5.69 Å². The molecule has 2 aliphatic heterocycles. The minimum Gasteiger partial charge on any atom is -0.481 e. The largest absolute Gasteiger partial charge is 0.481 e. The van der Waals surface area contributed by atoms with Crippen LogP contribution in [0, 0.1) is 60.6 Å². The molecule has 26 heteroatoms. The van der Waals surface area contributed by atoms with Gasteiger partial charge in [-0.15, -0.1) is 0 Å². The molecule has 728 valence electrons. The van der Waals surface area contributed by atoms with Crippen molar-refractivity contribution in [3.63, 3.8) is 0 Å². The highest BCUT2D eigenvalue weighted by Crippen LogP contribution is 2.35. The topological polar surface area (TPSA) is 383 Å². The lowest BCUT2D eigenvalue weighted by atomic mass is 9.82. The lowest BCUT2D eigenvalue weighted by molar-refractivity contribution is -0.178. The van der Waals surface area contributed by atoms with Gasteiger partial charge < -0.3 is 63.4 Å². The highest BCUT2D eigenvalue weighted by molar-refractivity contribution is 6.21. The Balaban J connectivity index is -0.000000674. The minimum atomic E-state index is -0.941. The summed E-state index contributed by atoms with van der Waals surface area (Å²) in [7, 11) is 0. The minimum absolute atomic E-state index is 0.00254. The number of imide groups is 1. The van der Waals surface area contributed by atoms with Gasteiger partial charge in [-0.2, -0.15) is 0 Å². The Morgan fingerprint density at radius 2 is 0.648 bits per heavy atom. The van der Waals surface area contributed by atoms with Crippen LogP contribution in [0.25, 0.3) is 0 Å². The van der Waals surface area contributed by atoms with E-state index in [4.69, 9.17) is 63.4 Å². The fraction of sp³-hybridized carbons (Fsp3) is 0.647. The Labute approximate surface area is 767 Å². The smallest absolute Gasteiger partial charge is 0.311 e. The molecule has 0 aromatic heterocycles. The summed E-state index contributed by atoms with van der Waals surface area (Å²) in [6, 6.07) is 39.2. The van der Waals surface area contributed by atoms with Crippen LogP contribution < -0.4 is 4.90 Å². The predicted molar refractivity (Wildman–Crippen MR) is 501 cm³/mol. The second-order valence-corrected chi connectivity index (χ2v) is 37.4. The van der Waals surface area contributed by atoms with E-state index >= 15 is 0 Å². The number of nitrogens with zero attached hydrogens (tertiary/aromatic N) is 1. The van der Waals surface area contributed by atoms with Crippen LogP contribution >= 0.6 is 0 Å². The summed E-state index contributed by atoms with van der Waals surface area (Å²) < 4.78 is 40.4. The maximum atomic E-state index is 11.8. The molecular formula is C102H165NO25. The number of ether oxygens (including phenoxy) is 8. The van der Waals surface area contributed by atoms with Gasteiger partial charge in [0.1, 0.15) is 46.2 Å². The summed E-state index contributed by atoms with van der Waals surface area (Å²) in [4.78, 5) is 136. The quantitative estimate of drug-likeness (QED) is 0.0121. The number of anilines is 1. The number of amides is 2. The molecule has 2 fully saturated rings. The maximum absolute atomic E-state index is 11.8. The molecule has 5 N–H and O–H groups in total. The van der Waals surface area contributed by atoms with E-state index in [-0.39, 0.29) is 140 Å². The number of carbonyl (C=O) groups excluding carboxylic acids is 9. The Kier molecular flexibility index (Phi) is 61.2. The molecule has 6 rings (SSSR count). The first-order valence-electron chi connectivity index (χ1n) is 45.0. The monoisotopic (exact) mass is 1800 g/mol. The molecular weight excluding hydrogens is 1640 g/mol. The number of carbonyl (C=O) groups is 12. The highest BCUT2D eigenvalue weighted by Gasteiger charge is 2.44. The molecule has 2 aliphatic rings. The number of para-hydroxylation sites is 1. The van der Waals surface area contributed by atoms with Gasteiger partial charge in [0.25, 0.3) is 0 Å². The zero-order valence-electron chi connectivity index (χ0n) is 83.5. The SMILES string of the molecule is CC1C(=O)N(c2ccccc2)C(=O)C1C.CCC(C)(C)C(=O)O.CCC(C)(C)C(=O)O.CCC(C)(C)C(=O)OCCO.CCC(C)(C)C(=O)OCCO.CCC(C)(C)C(=O)OCCOC(=O)CCCC(=O)O.CCC(C)(C)C(=O)OCc1ccccc1.CCC(C)(C)C(=O)OCc1ccccc1.CCC(C)(C)c1ccccc1.CCC1(COC(=O)C(C)(C)CC)COC1. The molecule has 2 amide bonds. The van der Waals surface area contributed by atoms with Crippen molar-refractivity contribution < 1.29 is 121 Å². The van der Waals surface area contributed by atoms with Crippen molar-refractivity contribution >= 4 is 77.2 Å². The molecule has 0 saturated carbocycles. The van der Waals surface area contributed by atoms with E-state index in [2.05, 4.69) is 58.0 Å². The van der Waals surface area contributed by atoms with Crippen molar-refractivity contribution in [2.24, 2.45) is 60.6 Å². The third-order valence-electron chi connectivity index (χ3n) is 23.5. The summed E-state index contributed by atoms with van der Waals surface area (Å²) in [6.45, 7) is 59.9. The lowest BCUT2D eigenvalue weighted by Gasteiger charge is -2.40. The fourth-order valence-electron chi connectivity index (χ4n) is 8.68. The average Bonchev–Trinajstić information content (AvgIpc) is 1.65. The Morgan fingerprint density at radius 3 is 0.906 bits per heavy atom. The fourth-order valence-corrected chi connectivity index (χ4v) is 8.68. The summed E-state index contributed by atoms with van der Waals surface area (Å²) in [6.07, 6.45) is 8.36. The first-order valence-corrected chi connectivity index (χ1v) is 45.0. The Hall–Kier alpha value is -9.40. The van der Waals surface area contributed by atoms with Gasteiger partial charge in [0.15, 0.2) is 0 Å². The maximum Gasteiger partial charge on any atom is 0.311 e. The molecule has 0 bridgehead atoms. The summed E-state index contributed by atoms with van der Waals surface area (Å²) >= 11 is 0. The first-order chi connectivity index (χ1) is 59.3. The molecule has 0 radical (unpaired) electrons. The number of aliphatic hydroxyl groups is 2. The molecule has 2 saturated heterocycles. The second-order valence-electron chi connectivity index (χ2n) is 37.4. The summed E-state index contributed by atoms with van der Waals surface area (Å²) in [5.41, 5.74) is 1.00. The molecule has 2 unspecified atom stereocenters. The van der Waals surface area contributed by atoms with Gasteiger partial charge in [0.2, 0.25) is 11.8 Å². The van der Waals surface area contributed by atoms with Gasteiger partial charge in [-0.05, 0) is 216 Å². The molecule has 26 nitrogen and oxygen atoms in total. The van der Waals surface area contributed by atoms with E-state index in [0.29, 0.717) is 50.2 Å². The second kappa shape index (κ2) is 62.8. The number of aliphatic carboxylic acids is 3. The summed E-state index contributed by atoms with van der Waals surface area (Å²) in [5.74, 6) is -4.64. The Morgan fingerprint density at radius 1 is 0.367 bits per heavy atom. The molecule has 128 heavy (non-hydrogen) atoms.